The van der Waals surface area contributed by atoms with E-state index in [2.05, 4.69) is 11.4 Å². The molecule has 0 spiro atoms. The molecule has 2 rings (SSSR count). The Morgan fingerprint density at radius 3 is 2.25 bits per heavy atom. The molecule has 0 aliphatic heterocycles. The molecule has 0 bridgehead atoms. The summed E-state index contributed by atoms with van der Waals surface area (Å²) in [5, 5.41) is 12.6. The maximum Gasteiger partial charge on any atom is 0.279 e. The van der Waals surface area contributed by atoms with E-state index in [-0.39, 0.29) is 24.9 Å². The topological polar surface area (TPSA) is 77.6 Å². The van der Waals surface area contributed by atoms with E-state index in [1.54, 1.807) is 11.9 Å². The Kier molecular flexibility index (Phi) is 7.20. The Labute approximate surface area is 168 Å². The lowest BCUT2D eigenvalue weighted by atomic mass is 9.81. The van der Waals surface area contributed by atoms with Crippen LogP contribution in [-0.4, -0.2) is 49.4 Å². The molecular formula is C22H33N4O2+. The molecule has 1 saturated carbocycles. The highest BCUT2D eigenvalue weighted by molar-refractivity contribution is 5.93. The van der Waals surface area contributed by atoms with E-state index in [0.717, 1.165) is 53.8 Å². The van der Waals surface area contributed by atoms with Crippen LogP contribution < -0.4 is 10.2 Å². The fourth-order valence-corrected chi connectivity index (χ4v) is 4.17. The first-order valence-electron chi connectivity index (χ1n) is 10.1. The molecule has 28 heavy (non-hydrogen) atoms. The summed E-state index contributed by atoms with van der Waals surface area (Å²) in [5.41, 5.74) is 3.39. The maximum absolute atomic E-state index is 12.7. The number of amides is 2. The summed E-state index contributed by atoms with van der Waals surface area (Å²) in [6.07, 6.45) is 4.54. The van der Waals surface area contributed by atoms with Gasteiger partial charge in [0.25, 0.3) is 11.8 Å². The van der Waals surface area contributed by atoms with Crippen LogP contribution in [0, 0.1) is 32.1 Å². The van der Waals surface area contributed by atoms with Gasteiger partial charge in [0.15, 0.2) is 13.1 Å². The Morgan fingerprint density at radius 2 is 1.71 bits per heavy atom. The van der Waals surface area contributed by atoms with E-state index in [1.807, 2.05) is 40.0 Å². The third-order valence-corrected chi connectivity index (χ3v) is 5.76. The molecule has 0 heterocycles. The van der Waals surface area contributed by atoms with Crippen molar-refractivity contribution in [2.75, 3.05) is 32.5 Å². The third-order valence-electron chi connectivity index (χ3n) is 5.76. The third kappa shape index (κ3) is 5.11. The molecular weight excluding hydrogens is 352 g/mol. The van der Waals surface area contributed by atoms with E-state index in [9.17, 15) is 14.9 Å². The molecule has 2 N–H and O–H groups in total. The van der Waals surface area contributed by atoms with Gasteiger partial charge in [-0.25, -0.2) is 0 Å². The summed E-state index contributed by atoms with van der Waals surface area (Å²) >= 11 is 0. The summed E-state index contributed by atoms with van der Waals surface area (Å²) in [4.78, 5) is 27.6. The number of benzene rings is 1. The van der Waals surface area contributed by atoms with Crippen molar-refractivity contribution < 1.29 is 14.5 Å². The normalized spacial score (nSPS) is 16.7. The zero-order valence-electron chi connectivity index (χ0n) is 17.8. The fraction of sp³-hybridized carbons (Fsp3) is 0.591. The Hall–Kier alpha value is -2.39. The number of aryl methyl sites for hydroxylation is 3. The van der Waals surface area contributed by atoms with Crippen LogP contribution in [0.3, 0.4) is 0 Å². The van der Waals surface area contributed by atoms with Crippen LogP contribution in [0.25, 0.3) is 0 Å². The summed E-state index contributed by atoms with van der Waals surface area (Å²) < 4.78 is 0. The number of carbonyl (C=O) groups excluding carboxylic acids is 2. The number of rotatable bonds is 6. The van der Waals surface area contributed by atoms with Gasteiger partial charge in [0.1, 0.15) is 5.54 Å². The van der Waals surface area contributed by atoms with Gasteiger partial charge in [0.2, 0.25) is 0 Å². The van der Waals surface area contributed by atoms with Crippen LogP contribution in [0.15, 0.2) is 12.1 Å². The number of nitriles is 1. The minimum absolute atomic E-state index is 0.0866. The van der Waals surface area contributed by atoms with Crippen molar-refractivity contribution in [2.45, 2.75) is 58.4 Å². The van der Waals surface area contributed by atoms with Gasteiger partial charge in [-0.05, 0) is 44.7 Å². The Morgan fingerprint density at radius 1 is 1.14 bits per heavy atom. The highest BCUT2D eigenvalue weighted by Crippen LogP contribution is 2.32. The van der Waals surface area contributed by atoms with Crippen molar-refractivity contribution >= 4 is 17.5 Å². The minimum atomic E-state index is -0.687. The maximum atomic E-state index is 12.7. The molecule has 1 unspecified atom stereocenters. The smallest absolute Gasteiger partial charge is 0.279 e. The monoisotopic (exact) mass is 385 g/mol. The van der Waals surface area contributed by atoms with E-state index < -0.39 is 5.54 Å². The van der Waals surface area contributed by atoms with Crippen LogP contribution >= 0.6 is 0 Å². The predicted octanol–water partition coefficient (Wildman–Crippen LogP) is 1.75. The fourth-order valence-electron chi connectivity index (χ4n) is 4.17. The lowest BCUT2D eigenvalue weighted by Crippen LogP contribution is -3.11. The molecule has 1 aromatic rings. The average Bonchev–Trinajstić information content (AvgIpc) is 2.64. The van der Waals surface area contributed by atoms with Crippen molar-refractivity contribution in [2.24, 2.45) is 0 Å². The number of nitrogens with one attached hydrogen (secondary N) is 2. The zero-order chi connectivity index (χ0) is 20.9. The van der Waals surface area contributed by atoms with E-state index in [1.165, 1.54) is 5.56 Å². The summed E-state index contributed by atoms with van der Waals surface area (Å²) in [7, 11) is 3.56. The van der Waals surface area contributed by atoms with Gasteiger partial charge >= 0.3 is 0 Å². The highest BCUT2D eigenvalue weighted by atomic mass is 16.2. The van der Waals surface area contributed by atoms with Gasteiger partial charge in [0.05, 0.1) is 13.1 Å². The minimum Gasteiger partial charge on any atom is -0.322 e. The molecule has 0 saturated heterocycles. The Bertz CT molecular complexity index is 752. The molecule has 1 aliphatic carbocycles. The van der Waals surface area contributed by atoms with Crippen molar-refractivity contribution in [1.29, 1.82) is 5.26 Å². The zero-order valence-corrected chi connectivity index (χ0v) is 17.8. The van der Waals surface area contributed by atoms with Crippen molar-refractivity contribution in [1.82, 2.24) is 4.90 Å². The second-order valence-electron chi connectivity index (χ2n) is 8.29. The largest absolute Gasteiger partial charge is 0.322 e. The number of nitrogens with zero attached hydrogens (tertiary/aromatic N) is 2. The number of anilines is 1. The molecule has 6 heteroatoms. The average molecular weight is 386 g/mol. The predicted molar refractivity (Wildman–Crippen MR) is 110 cm³/mol. The van der Waals surface area contributed by atoms with Gasteiger partial charge in [-0.3, -0.25) is 9.59 Å². The number of quaternary nitrogens is 1. The van der Waals surface area contributed by atoms with Gasteiger partial charge in [-0.1, -0.05) is 37.0 Å². The molecule has 1 aliphatic rings. The second kappa shape index (κ2) is 9.20. The van der Waals surface area contributed by atoms with Crippen LogP contribution in [0.2, 0.25) is 0 Å². The molecule has 1 fully saturated rings. The molecule has 2 amide bonds. The molecule has 1 atom stereocenters. The van der Waals surface area contributed by atoms with Gasteiger partial charge in [0, 0.05) is 12.7 Å². The van der Waals surface area contributed by atoms with Crippen LogP contribution in [0.4, 0.5) is 5.69 Å². The highest BCUT2D eigenvalue weighted by Gasteiger charge is 2.39. The van der Waals surface area contributed by atoms with Gasteiger partial charge in [-0.2, -0.15) is 5.26 Å². The van der Waals surface area contributed by atoms with Crippen molar-refractivity contribution in [3.05, 3.63) is 28.8 Å². The molecule has 1 aromatic carbocycles. The first kappa shape index (κ1) is 21.9. The van der Waals surface area contributed by atoms with Crippen LogP contribution in [0.1, 0.15) is 48.8 Å². The van der Waals surface area contributed by atoms with Crippen molar-refractivity contribution in [3.63, 3.8) is 0 Å². The quantitative estimate of drug-likeness (QED) is 0.783. The second-order valence-corrected chi connectivity index (χ2v) is 8.29. The first-order chi connectivity index (χ1) is 13.2. The Balaban J connectivity index is 1.94. The van der Waals surface area contributed by atoms with Crippen LogP contribution in [0.5, 0.6) is 0 Å². The van der Waals surface area contributed by atoms with E-state index >= 15 is 0 Å². The molecule has 0 aromatic heterocycles. The number of hydrogen-bond donors (Lipinski definition) is 2. The number of hydrogen-bond acceptors (Lipinski definition) is 3. The lowest BCUT2D eigenvalue weighted by Gasteiger charge is -2.39. The van der Waals surface area contributed by atoms with Gasteiger partial charge < -0.3 is 15.1 Å². The lowest BCUT2D eigenvalue weighted by molar-refractivity contribution is -0.862. The molecule has 152 valence electrons. The first-order valence-corrected chi connectivity index (χ1v) is 10.1. The summed E-state index contributed by atoms with van der Waals surface area (Å²) in [6, 6.07) is 6.47. The summed E-state index contributed by atoms with van der Waals surface area (Å²) in [6.45, 7) is 6.39. The number of likely N-dealkylation sites (N-methyl/N-ethyl adjacent to an activating group) is 2. The summed E-state index contributed by atoms with van der Waals surface area (Å²) in [5.74, 6) is -0.202. The standard InChI is InChI=1S/C22H32N4O2/c1-16-11-17(2)21(18(3)12-16)24-19(27)13-25(4)14-20(28)26(5)22(15-23)9-7-6-8-10-22/h11-12H,6-10,13-14H2,1-5H3,(H,24,27)/p+1. The van der Waals surface area contributed by atoms with Crippen LogP contribution in [-0.2, 0) is 9.59 Å². The van der Waals surface area contributed by atoms with Crippen molar-refractivity contribution in [3.8, 4) is 6.07 Å². The number of carbonyl (C=O) groups is 2. The SMILES string of the molecule is Cc1cc(C)c(NC(=O)C[NH+](C)CC(=O)N(C)C2(C#N)CCCCC2)c(C)c1. The van der Waals surface area contributed by atoms with E-state index in [0.29, 0.717) is 0 Å². The van der Waals surface area contributed by atoms with E-state index in [4.69, 9.17) is 0 Å². The molecule has 6 nitrogen and oxygen atoms in total. The molecule has 0 radical (unpaired) electrons. The van der Waals surface area contributed by atoms with Gasteiger partial charge in [-0.15, -0.1) is 0 Å².